The lowest BCUT2D eigenvalue weighted by atomic mass is 10.5. The van der Waals surface area contributed by atoms with Crippen LogP contribution in [0.5, 0.6) is 0 Å². The van der Waals surface area contributed by atoms with Crippen LogP contribution in [0.25, 0.3) is 0 Å². The number of imidazole rings is 1. The second-order valence-corrected chi connectivity index (χ2v) is 6.50. The van der Waals surface area contributed by atoms with E-state index in [1.54, 1.807) is 30.8 Å². The third kappa shape index (κ3) is 3.56. The van der Waals surface area contributed by atoms with Gasteiger partial charge in [0.25, 0.3) is 10.0 Å². The Labute approximate surface area is 123 Å². The Balaban J connectivity index is 2.13. The lowest BCUT2D eigenvalue weighted by molar-refractivity contribution is 0.575. The normalized spacial score (nSPS) is 11.6. The largest absolute Gasteiger partial charge is 0.363 e. The summed E-state index contributed by atoms with van der Waals surface area (Å²) in [6.45, 7) is 1.75. The molecule has 9 heteroatoms. The van der Waals surface area contributed by atoms with Crippen LogP contribution >= 0.6 is 0 Å². The molecule has 1 N–H and O–H groups in total. The number of nitrogens with one attached hydrogen (secondary N) is 1. The number of rotatable bonds is 5. The van der Waals surface area contributed by atoms with Crippen LogP contribution in [0.1, 0.15) is 11.6 Å². The predicted octanol–water partition coefficient (Wildman–Crippen LogP) is 0.0630. The smallest absolute Gasteiger partial charge is 0.259 e. The minimum Gasteiger partial charge on any atom is -0.363 e. The molecular weight excluding hydrogens is 292 g/mol. The molecule has 0 aliphatic carbocycles. The Morgan fingerprint density at radius 1 is 1.33 bits per heavy atom. The molecule has 8 nitrogen and oxygen atoms in total. The van der Waals surface area contributed by atoms with Gasteiger partial charge in [-0.2, -0.15) is 0 Å². The molecule has 21 heavy (non-hydrogen) atoms. The first-order chi connectivity index (χ1) is 9.79. The maximum Gasteiger partial charge on any atom is 0.259 e. The van der Waals surface area contributed by atoms with Crippen molar-refractivity contribution < 1.29 is 8.42 Å². The van der Waals surface area contributed by atoms with E-state index in [-0.39, 0.29) is 11.6 Å². The number of aryl methyl sites for hydroxylation is 2. The molecular formula is C12H18N6O2S. The van der Waals surface area contributed by atoms with Crippen molar-refractivity contribution in [2.24, 2.45) is 7.05 Å². The molecule has 0 saturated carbocycles. The third-order valence-electron chi connectivity index (χ3n) is 2.93. The molecule has 0 aromatic carbocycles. The summed E-state index contributed by atoms with van der Waals surface area (Å²) in [5, 5.41) is -0.00809. The number of anilines is 1. The molecule has 0 radical (unpaired) electrons. The lowest BCUT2D eigenvalue weighted by Crippen LogP contribution is -2.25. The van der Waals surface area contributed by atoms with Crippen molar-refractivity contribution >= 4 is 15.8 Å². The zero-order valence-electron chi connectivity index (χ0n) is 12.4. The van der Waals surface area contributed by atoms with E-state index < -0.39 is 10.0 Å². The van der Waals surface area contributed by atoms with Gasteiger partial charge in [-0.15, -0.1) is 0 Å². The molecule has 2 aromatic heterocycles. The maximum atomic E-state index is 12.1. The van der Waals surface area contributed by atoms with Gasteiger partial charge in [-0.25, -0.2) is 28.1 Å². The van der Waals surface area contributed by atoms with E-state index in [2.05, 4.69) is 19.7 Å². The zero-order valence-corrected chi connectivity index (χ0v) is 13.2. The average Bonchev–Trinajstić information content (AvgIpc) is 2.78. The summed E-state index contributed by atoms with van der Waals surface area (Å²) in [5.41, 5.74) is 0. The van der Waals surface area contributed by atoms with Crippen LogP contribution in [0.15, 0.2) is 23.5 Å². The first-order valence-corrected chi connectivity index (χ1v) is 7.77. The average molecular weight is 310 g/mol. The highest BCUT2D eigenvalue weighted by atomic mass is 32.2. The van der Waals surface area contributed by atoms with Crippen molar-refractivity contribution in [1.82, 2.24) is 24.2 Å². The molecule has 114 valence electrons. The van der Waals surface area contributed by atoms with Crippen molar-refractivity contribution in [3.05, 3.63) is 30.1 Å². The summed E-state index contributed by atoms with van der Waals surface area (Å²) in [7, 11) is 1.78. The van der Waals surface area contributed by atoms with Gasteiger partial charge in [0.1, 0.15) is 17.5 Å². The molecule has 2 heterocycles. The fraction of sp³-hybridized carbons (Fsp3) is 0.417. The molecule has 0 atom stereocenters. The first-order valence-electron chi connectivity index (χ1n) is 6.28. The Kier molecular flexibility index (Phi) is 4.24. The summed E-state index contributed by atoms with van der Waals surface area (Å²) >= 11 is 0. The lowest BCUT2D eigenvalue weighted by Gasteiger charge is -2.11. The number of aromatic nitrogens is 4. The van der Waals surface area contributed by atoms with E-state index in [9.17, 15) is 8.42 Å². The minimum atomic E-state index is -3.67. The number of sulfonamides is 1. The van der Waals surface area contributed by atoms with Gasteiger partial charge in [0.2, 0.25) is 0 Å². The minimum absolute atomic E-state index is 0.00809. The van der Waals surface area contributed by atoms with E-state index in [4.69, 9.17) is 0 Å². The van der Waals surface area contributed by atoms with Gasteiger partial charge in [0.15, 0.2) is 5.03 Å². The Bertz CT molecular complexity index is 718. The van der Waals surface area contributed by atoms with E-state index >= 15 is 0 Å². The van der Waals surface area contributed by atoms with Crippen molar-refractivity contribution in [2.45, 2.75) is 18.5 Å². The van der Waals surface area contributed by atoms with Gasteiger partial charge in [-0.05, 0) is 13.0 Å². The quantitative estimate of drug-likeness (QED) is 0.839. The number of hydrogen-bond donors (Lipinski definition) is 1. The monoisotopic (exact) mass is 310 g/mol. The van der Waals surface area contributed by atoms with Crippen LogP contribution in [0, 0.1) is 6.92 Å². The van der Waals surface area contributed by atoms with Gasteiger partial charge >= 0.3 is 0 Å². The van der Waals surface area contributed by atoms with Gasteiger partial charge in [-0.1, -0.05) is 0 Å². The molecule has 0 saturated heterocycles. The van der Waals surface area contributed by atoms with E-state index in [1.165, 1.54) is 6.20 Å². The molecule has 2 aromatic rings. The van der Waals surface area contributed by atoms with E-state index in [0.29, 0.717) is 17.5 Å². The highest BCUT2D eigenvalue weighted by Gasteiger charge is 2.18. The van der Waals surface area contributed by atoms with Gasteiger partial charge < -0.3 is 9.47 Å². The summed E-state index contributed by atoms with van der Waals surface area (Å²) in [4.78, 5) is 14.1. The Hall–Kier alpha value is -2.00. The summed E-state index contributed by atoms with van der Waals surface area (Å²) in [6, 6.07) is 1.75. The summed E-state index contributed by atoms with van der Waals surface area (Å²) in [5.74, 6) is 1.74. The van der Waals surface area contributed by atoms with Crippen LogP contribution in [0.3, 0.4) is 0 Å². The molecule has 0 unspecified atom stereocenters. The van der Waals surface area contributed by atoms with Crippen molar-refractivity contribution in [3.8, 4) is 0 Å². The zero-order chi connectivity index (χ0) is 15.6. The van der Waals surface area contributed by atoms with Gasteiger partial charge in [0, 0.05) is 33.5 Å². The van der Waals surface area contributed by atoms with Crippen molar-refractivity contribution in [3.63, 3.8) is 0 Å². The molecule has 0 spiro atoms. The molecule has 0 bridgehead atoms. The summed E-state index contributed by atoms with van der Waals surface area (Å²) < 4.78 is 28.4. The van der Waals surface area contributed by atoms with Crippen LogP contribution in [-0.2, 0) is 23.6 Å². The molecule has 2 rings (SSSR count). The van der Waals surface area contributed by atoms with Crippen LogP contribution in [-0.4, -0.2) is 42.0 Å². The Morgan fingerprint density at radius 3 is 2.62 bits per heavy atom. The Morgan fingerprint density at radius 2 is 2.05 bits per heavy atom. The second kappa shape index (κ2) is 5.78. The number of hydrogen-bond acceptors (Lipinski definition) is 6. The molecule has 0 amide bonds. The standard InChI is InChI=1S/C12H18N6O2S/c1-9-15-12(8-18(9)4)21(19,20)14-7-10-13-6-5-11(16-10)17(2)3/h5-6,8,14H,7H2,1-4H3. The van der Waals surface area contributed by atoms with Crippen LogP contribution in [0.4, 0.5) is 5.82 Å². The van der Waals surface area contributed by atoms with Crippen LogP contribution in [0.2, 0.25) is 0 Å². The van der Waals surface area contributed by atoms with Crippen molar-refractivity contribution in [1.29, 1.82) is 0 Å². The second-order valence-electron chi connectivity index (χ2n) is 4.79. The third-order valence-corrected chi connectivity index (χ3v) is 4.20. The van der Waals surface area contributed by atoms with Crippen molar-refractivity contribution in [2.75, 3.05) is 19.0 Å². The molecule has 0 fully saturated rings. The maximum absolute atomic E-state index is 12.1. The number of nitrogens with zero attached hydrogens (tertiary/aromatic N) is 5. The SMILES string of the molecule is Cc1nc(S(=O)(=O)NCc2nccc(N(C)C)n2)cn1C. The topological polar surface area (TPSA) is 93.0 Å². The fourth-order valence-electron chi connectivity index (χ4n) is 1.61. The molecule has 0 aliphatic rings. The van der Waals surface area contributed by atoms with Gasteiger partial charge in [0.05, 0.1) is 6.54 Å². The van der Waals surface area contributed by atoms with E-state index in [0.717, 1.165) is 0 Å². The predicted molar refractivity (Wildman–Crippen MR) is 78.3 cm³/mol. The highest BCUT2D eigenvalue weighted by Crippen LogP contribution is 2.09. The van der Waals surface area contributed by atoms with E-state index in [1.807, 2.05) is 19.0 Å². The molecule has 0 aliphatic heterocycles. The summed E-state index contributed by atoms with van der Waals surface area (Å²) in [6.07, 6.45) is 3.06. The fourth-order valence-corrected chi connectivity index (χ4v) is 2.63. The van der Waals surface area contributed by atoms with Gasteiger partial charge in [-0.3, -0.25) is 0 Å². The highest BCUT2D eigenvalue weighted by molar-refractivity contribution is 7.89. The first kappa shape index (κ1) is 15.4. The van der Waals surface area contributed by atoms with Crippen LogP contribution < -0.4 is 9.62 Å².